The Balaban J connectivity index is 1.30. The number of Topliss-reactive ketones (excluding diaryl/α,β-unsaturated/α-hetero) is 1. The van der Waals surface area contributed by atoms with Gasteiger partial charge in [-0.1, -0.05) is 65.3 Å². The Labute approximate surface area is 241 Å². The quantitative estimate of drug-likeness (QED) is 0.236. The SMILES string of the molecule is Cc1noc(-c2ccc(-c3ccc(C4(C(=O)O)CC4)cc3)c3c2C(=O)CC3)c1NC(=O)OC(C)c1ccccc1Cl. The molecule has 2 aliphatic carbocycles. The zero-order valence-corrected chi connectivity index (χ0v) is 23.2. The number of carbonyl (C=O) groups is 3. The second-order valence-electron chi connectivity index (χ2n) is 10.6. The van der Waals surface area contributed by atoms with Gasteiger partial charge in [0, 0.05) is 28.1 Å². The van der Waals surface area contributed by atoms with E-state index in [1.54, 1.807) is 38.1 Å². The number of nitrogens with one attached hydrogen (secondary N) is 1. The Hall–Kier alpha value is -4.43. The van der Waals surface area contributed by atoms with Crippen LogP contribution in [0.2, 0.25) is 5.02 Å². The summed E-state index contributed by atoms with van der Waals surface area (Å²) < 4.78 is 11.2. The average Bonchev–Trinajstić information content (AvgIpc) is 3.59. The zero-order valence-electron chi connectivity index (χ0n) is 22.5. The summed E-state index contributed by atoms with van der Waals surface area (Å²) in [5.41, 5.74) is 5.22. The van der Waals surface area contributed by atoms with Crippen molar-refractivity contribution in [2.24, 2.45) is 0 Å². The van der Waals surface area contributed by atoms with Gasteiger partial charge in [0.1, 0.15) is 17.5 Å². The number of amides is 1. The summed E-state index contributed by atoms with van der Waals surface area (Å²) in [5.74, 6) is -0.545. The van der Waals surface area contributed by atoms with Crippen LogP contribution in [0, 0.1) is 6.92 Å². The number of hydrogen-bond donors (Lipinski definition) is 2. The smallest absolute Gasteiger partial charge is 0.412 e. The largest absolute Gasteiger partial charge is 0.481 e. The maximum absolute atomic E-state index is 13.1. The van der Waals surface area contributed by atoms with E-state index in [4.69, 9.17) is 20.9 Å². The molecule has 1 unspecified atom stereocenters. The lowest BCUT2D eigenvalue weighted by Gasteiger charge is -2.16. The second-order valence-corrected chi connectivity index (χ2v) is 11.0. The second kappa shape index (κ2) is 10.2. The van der Waals surface area contributed by atoms with Crippen LogP contribution in [-0.4, -0.2) is 28.1 Å². The molecule has 1 saturated carbocycles. The topological polar surface area (TPSA) is 119 Å². The number of carboxylic acid groups (broad SMARTS) is 1. The van der Waals surface area contributed by atoms with Crippen LogP contribution in [0.1, 0.15) is 65.0 Å². The molecule has 9 heteroatoms. The number of fused-ring (bicyclic) bond motifs is 1. The van der Waals surface area contributed by atoms with Crippen molar-refractivity contribution in [3.05, 3.63) is 93.6 Å². The first-order valence-electron chi connectivity index (χ1n) is 13.4. The molecule has 1 fully saturated rings. The number of ketones is 1. The lowest BCUT2D eigenvalue weighted by Crippen LogP contribution is -2.19. The number of carbonyl (C=O) groups excluding carboxylic acids is 2. The van der Waals surface area contributed by atoms with E-state index >= 15 is 0 Å². The van der Waals surface area contributed by atoms with E-state index in [1.165, 1.54) is 0 Å². The predicted molar refractivity (Wildman–Crippen MR) is 153 cm³/mol. The normalized spacial score (nSPS) is 15.7. The van der Waals surface area contributed by atoms with Crippen LogP contribution in [0.4, 0.5) is 10.5 Å². The van der Waals surface area contributed by atoms with Gasteiger partial charge < -0.3 is 14.4 Å². The summed E-state index contributed by atoms with van der Waals surface area (Å²) >= 11 is 6.25. The molecule has 6 rings (SSSR count). The van der Waals surface area contributed by atoms with Gasteiger partial charge in [-0.15, -0.1) is 0 Å². The van der Waals surface area contributed by atoms with Crippen molar-refractivity contribution >= 4 is 35.1 Å². The van der Waals surface area contributed by atoms with Crippen LogP contribution >= 0.6 is 11.6 Å². The molecule has 41 heavy (non-hydrogen) atoms. The molecule has 0 aliphatic heterocycles. The van der Waals surface area contributed by atoms with E-state index in [9.17, 15) is 19.5 Å². The van der Waals surface area contributed by atoms with Crippen molar-refractivity contribution in [3.63, 3.8) is 0 Å². The fourth-order valence-electron chi connectivity index (χ4n) is 5.63. The number of anilines is 1. The van der Waals surface area contributed by atoms with Crippen LogP contribution in [0.15, 0.2) is 65.2 Å². The molecule has 1 amide bonds. The van der Waals surface area contributed by atoms with Crippen LogP contribution in [0.25, 0.3) is 22.5 Å². The summed E-state index contributed by atoms with van der Waals surface area (Å²) in [6.45, 7) is 3.42. The van der Waals surface area contributed by atoms with Crippen LogP contribution in [0.5, 0.6) is 0 Å². The van der Waals surface area contributed by atoms with E-state index in [2.05, 4.69) is 10.5 Å². The van der Waals surface area contributed by atoms with Crippen LogP contribution in [0.3, 0.4) is 0 Å². The molecule has 0 bridgehead atoms. The Kier molecular flexibility index (Phi) is 6.66. The van der Waals surface area contributed by atoms with E-state index in [-0.39, 0.29) is 11.5 Å². The predicted octanol–water partition coefficient (Wildman–Crippen LogP) is 7.53. The summed E-state index contributed by atoms with van der Waals surface area (Å²) in [7, 11) is 0. The Morgan fingerprint density at radius 3 is 2.44 bits per heavy atom. The van der Waals surface area contributed by atoms with E-state index in [1.807, 2.05) is 36.4 Å². The first-order chi connectivity index (χ1) is 19.7. The Bertz CT molecular complexity index is 1700. The number of aliphatic carboxylic acids is 1. The van der Waals surface area contributed by atoms with Crippen molar-refractivity contribution < 1.29 is 28.8 Å². The molecule has 1 aromatic heterocycles. The van der Waals surface area contributed by atoms with E-state index < -0.39 is 23.6 Å². The Morgan fingerprint density at radius 2 is 1.76 bits per heavy atom. The lowest BCUT2D eigenvalue weighted by atomic mass is 9.90. The number of benzene rings is 3. The molecule has 4 aromatic rings. The molecule has 0 radical (unpaired) electrons. The van der Waals surface area contributed by atoms with Gasteiger partial charge in [-0.25, -0.2) is 4.79 Å². The maximum Gasteiger partial charge on any atom is 0.412 e. The van der Waals surface area contributed by atoms with Gasteiger partial charge in [-0.05, 0) is 67.5 Å². The highest BCUT2D eigenvalue weighted by molar-refractivity contribution is 6.31. The van der Waals surface area contributed by atoms with Gasteiger partial charge in [0.15, 0.2) is 11.5 Å². The zero-order chi connectivity index (χ0) is 28.9. The lowest BCUT2D eigenvalue weighted by molar-refractivity contribution is -0.140. The number of hydrogen-bond acceptors (Lipinski definition) is 6. The molecule has 2 aliphatic rings. The molecular formula is C32H27ClN2O6. The van der Waals surface area contributed by atoms with Crippen molar-refractivity contribution in [2.75, 3.05) is 5.32 Å². The van der Waals surface area contributed by atoms with E-state index in [0.717, 1.165) is 22.3 Å². The number of rotatable bonds is 7. The van der Waals surface area contributed by atoms with Crippen molar-refractivity contribution in [3.8, 4) is 22.5 Å². The van der Waals surface area contributed by atoms with Gasteiger partial charge in [0.2, 0.25) is 0 Å². The molecule has 0 spiro atoms. The van der Waals surface area contributed by atoms with Crippen LogP contribution < -0.4 is 5.32 Å². The minimum atomic E-state index is -0.796. The number of nitrogens with zero attached hydrogens (tertiary/aromatic N) is 1. The summed E-state index contributed by atoms with van der Waals surface area (Å²) in [6, 6.07) is 18.4. The van der Waals surface area contributed by atoms with E-state index in [0.29, 0.717) is 58.8 Å². The maximum atomic E-state index is 13.1. The standard InChI is InChI=1S/C32H27ClN2O6/c1-17-28(34-31(39)40-18(2)21-5-3-4-6-25(21)33)29(41-35-17)24-12-11-22(23-13-14-26(36)27(23)24)19-7-9-20(10-8-19)32(15-16-32)30(37)38/h3-12,18H,13-16H2,1-2H3,(H,34,39)(H,37,38). The van der Waals surface area contributed by atoms with Crippen LogP contribution in [-0.2, 0) is 21.4 Å². The minimum Gasteiger partial charge on any atom is -0.481 e. The number of aromatic nitrogens is 1. The summed E-state index contributed by atoms with van der Waals surface area (Å²) in [4.78, 5) is 37.7. The molecule has 208 valence electrons. The minimum absolute atomic E-state index is 0.0220. The average molecular weight is 571 g/mol. The number of ether oxygens (including phenoxy) is 1. The first-order valence-corrected chi connectivity index (χ1v) is 13.8. The Morgan fingerprint density at radius 1 is 1.05 bits per heavy atom. The third kappa shape index (κ3) is 4.68. The summed E-state index contributed by atoms with van der Waals surface area (Å²) in [6.07, 6.45) is 0.881. The number of carboxylic acids is 1. The summed E-state index contributed by atoms with van der Waals surface area (Å²) in [5, 5.41) is 16.9. The third-order valence-electron chi connectivity index (χ3n) is 8.06. The highest BCUT2D eigenvalue weighted by atomic mass is 35.5. The molecule has 1 atom stereocenters. The fourth-order valence-corrected chi connectivity index (χ4v) is 5.92. The molecule has 2 N–H and O–H groups in total. The van der Waals surface area contributed by atoms with Crippen molar-refractivity contribution in [1.29, 1.82) is 0 Å². The van der Waals surface area contributed by atoms with Crippen molar-refractivity contribution in [2.45, 2.75) is 51.0 Å². The first kappa shape index (κ1) is 26.8. The third-order valence-corrected chi connectivity index (χ3v) is 8.41. The molecule has 3 aromatic carbocycles. The number of aryl methyl sites for hydroxylation is 1. The highest BCUT2D eigenvalue weighted by Gasteiger charge is 2.51. The monoisotopic (exact) mass is 570 g/mol. The molecule has 1 heterocycles. The fraction of sp³-hybridized carbons (Fsp3) is 0.250. The van der Waals surface area contributed by atoms with Gasteiger partial charge >= 0.3 is 12.1 Å². The van der Waals surface area contributed by atoms with Gasteiger partial charge in [-0.3, -0.25) is 14.9 Å². The van der Waals surface area contributed by atoms with Gasteiger partial charge in [0.05, 0.1) is 5.41 Å². The number of halogens is 1. The van der Waals surface area contributed by atoms with Gasteiger partial charge in [0.25, 0.3) is 0 Å². The highest BCUT2D eigenvalue weighted by Crippen LogP contribution is 2.49. The molecule has 0 saturated heterocycles. The van der Waals surface area contributed by atoms with Crippen molar-refractivity contribution in [1.82, 2.24) is 5.16 Å². The van der Waals surface area contributed by atoms with Gasteiger partial charge in [-0.2, -0.15) is 0 Å². The molecule has 8 nitrogen and oxygen atoms in total. The molecular weight excluding hydrogens is 544 g/mol.